The van der Waals surface area contributed by atoms with Crippen LogP contribution < -0.4 is 0 Å². The van der Waals surface area contributed by atoms with Gasteiger partial charge in [0.1, 0.15) is 0 Å². The summed E-state index contributed by atoms with van der Waals surface area (Å²) in [5, 5.41) is 1.48. The van der Waals surface area contributed by atoms with Gasteiger partial charge in [0, 0.05) is 44.2 Å². The van der Waals surface area contributed by atoms with E-state index < -0.39 is 23.5 Å². The minimum absolute atomic E-state index is 0.00881. The topological polar surface area (TPSA) is 56.5 Å². The molecular weight excluding hydrogens is 977 g/mol. The van der Waals surface area contributed by atoms with E-state index in [1.165, 1.54) is 12.1 Å². The van der Waals surface area contributed by atoms with Gasteiger partial charge in [-0.15, -0.1) is 0 Å². The smallest absolute Gasteiger partial charge is 0.308 e. The second-order valence-corrected chi connectivity index (χ2v) is 19.0. The molecule has 0 saturated heterocycles. The van der Waals surface area contributed by atoms with E-state index in [1.807, 2.05) is 180 Å². The number of hydrogen-bond donors (Lipinski definition) is 0. The first-order valence-corrected chi connectivity index (χ1v) is 24.8. The minimum Gasteiger partial charge on any atom is -0.308 e. The molecule has 0 N–H and O–H groups in total. The summed E-state index contributed by atoms with van der Waals surface area (Å²) < 4.78 is 88.8. The van der Waals surface area contributed by atoms with Crippen LogP contribution >= 0.6 is 0 Å². The van der Waals surface area contributed by atoms with Crippen LogP contribution in [-0.2, 0) is 12.4 Å². The van der Waals surface area contributed by atoms with Gasteiger partial charge in [0.25, 0.3) is 0 Å². The summed E-state index contributed by atoms with van der Waals surface area (Å²) in [4.78, 5) is 21.0. The van der Waals surface area contributed by atoms with Crippen molar-refractivity contribution in [3.8, 4) is 95.7 Å². The van der Waals surface area contributed by atoms with Gasteiger partial charge in [-0.3, -0.25) is 0 Å². The van der Waals surface area contributed by atoms with Crippen molar-refractivity contribution < 1.29 is 26.3 Å². The zero-order valence-electron chi connectivity index (χ0n) is 41.4. The third-order valence-electron chi connectivity index (χ3n) is 13.9. The predicted molar refractivity (Wildman–Crippen MR) is 295 cm³/mol. The molecule has 374 valence electrons. The Morgan fingerprint density at radius 3 is 1.23 bits per heavy atom. The van der Waals surface area contributed by atoms with Gasteiger partial charge in [0.2, 0.25) is 0 Å². The summed E-state index contributed by atoms with van der Waals surface area (Å²) >= 11 is 0. The number of alkyl halides is 6. The maximum Gasteiger partial charge on any atom is 0.417 e. The van der Waals surface area contributed by atoms with E-state index in [-0.39, 0.29) is 5.56 Å². The Balaban J connectivity index is 1.18. The van der Waals surface area contributed by atoms with Crippen molar-refractivity contribution in [1.29, 1.82) is 0 Å². The molecule has 77 heavy (non-hydrogen) atoms. The zero-order valence-corrected chi connectivity index (χ0v) is 41.4. The Morgan fingerprint density at radius 1 is 0.338 bits per heavy atom. The molecule has 3 heterocycles. The standard InChI is InChI=1S/C66H43F6N5/c1-40-23-28-51(55(33-40)66(70,71)72)47-25-30-53-52-29-24-46(50-31-27-49(34-41(50)2)65(67,68)69)36-61(52)77(62(53)37-47)60-32-26-48(63-73-56(42-15-7-3-8-16-42)38-57(74-63)43-17-9-4-10-18-43)35-54(60)64-75-58(44-19-11-5-12-20-44)39-59(76-64)45-21-13-6-14-22-45/h3-39H,1-2H3. The average Bonchev–Trinajstić information content (AvgIpc) is 3.98. The summed E-state index contributed by atoms with van der Waals surface area (Å²) in [6, 6.07) is 68.0. The molecule has 0 aliphatic heterocycles. The molecule has 11 heteroatoms. The first-order valence-electron chi connectivity index (χ1n) is 24.8. The molecule has 0 unspecified atom stereocenters. The molecule has 0 amide bonds. The maximum atomic E-state index is 14.9. The lowest BCUT2D eigenvalue weighted by Crippen LogP contribution is -2.07. The van der Waals surface area contributed by atoms with Crippen LogP contribution in [0.2, 0.25) is 0 Å². The van der Waals surface area contributed by atoms with Crippen LogP contribution in [0, 0.1) is 13.8 Å². The van der Waals surface area contributed by atoms with Crippen LogP contribution in [0.3, 0.4) is 0 Å². The molecule has 9 aromatic carbocycles. The fourth-order valence-corrected chi connectivity index (χ4v) is 10.1. The molecule has 0 saturated carbocycles. The lowest BCUT2D eigenvalue weighted by atomic mass is 9.96. The Bertz CT molecular complexity index is 4080. The lowest BCUT2D eigenvalue weighted by Gasteiger charge is -2.18. The van der Waals surface area contributed by atoms with E-state index in [9.17, 15) is 26.3 Å². The van der Waals surface area contributed by atoms with Gasteiger partial charge in [-0.1, -0.05) is 169 Å². The molecular formula is C66H43F6N5. The highest BCUT2D eigenvalue weighted by Gasteiger charge is 2.34. The van der Waals surface area contributed by atoms with E-state index >= 15 is 0 Å². The number of nitrogens with zero attached hydrogens (tertiary/aromatic N) is 5. The number of aromatic nitrogens is 5. The fraction of sp³-hybridized carbons (Fsp3) is 0.0606. The van der Waals surface area contributed by atoms with Gasteiger partial charge >= 0.3 is 12.4 Å². The number of benzene rings is 9. The Morgan fingerprint density at radius 2 is 0.779 bits per heavy atom. The zero-order chi connectivity index (χ0) is 53.0. The third-order valence-corrected chi connectivity index (χ3v) is 13.9. The number of hydrogen-bond acceptors (Lipinski definition) is 4. The minimum atomic E-state index is -4.65. The Hall–Kier alpha value is -9.48. The Kier molecular flexibility index (Phi) is 12.2. The summed E-state index contributed by atoms with van der Waals surface area (Å²) in [5.41, 5.74) is 10.00. The Labute approximate surface area is 439 Å². The SMILES string of the molecule is Cc1ccc(-c2ccc3c4ccc(-c5ccc(C(F)(F)F)cc5C)cc4n(-c4ccc(-c5nc(-c6ccccc6)cc(-c6ccccc6)n5)cc4-c4nc(-c5ccccc5)cc(-c5ccccc5)n4)c3c2)c(C(F)(F)F)c1. The van der Waals surface area contributed by atoms with Crippen molar-refractivity contribution >= 4 is 21.8 Å². The molecule has 0 bridgehead atoms. The van der Waals surface area contributed by atoms with Crippen molar-refractivity contribution in [1.82, 2.24) is 24.5 Å². The quantitative estimate of drug-likeness (QED) is 0.135. The fourth-order valence-electron chi connectivity index (χ4n) is 10.1. The highest BCUT2D eigenvalue weighted by molar-refractivity contribution is 6.12. The summed E-state index contributed by atoms with van der Waals surface area (Å²) in [6.07, 6.45) is -9.20. The third kappa shape index (κ3) is 9.41. The van der Waals surface area contributed by atoms with Crippen LogP contribution in [0.5, 0.6) is 0 Å². The second-order valence-electron chi connectivity index (χ2n) is 19.0. The molecule has 0 spiro atoms. The molecule has 0 aliphatic carbocycles. The predicted octanol–water partition coefficient (Wildman–Crippen LogP) is 18.4. The summed E-state index contributed by atoms with van der Waals surface area (Å²) in [5.74, 6) is 0.757. The number of aryl methyl sites for hydroxylation is 2. The molecule has 12 rings (SSSR count). The van der Waals surface area contributed by atoms with Gasteiger partial charge in [0.15, 0.2) is 11.6 Å². The van der Waals surface area contributed by atoms with Crippen molar-refractivity contribution in [2.24, 2.45) is 0 Å². The van der Waals surface area contributed by atoms with Crippen LogP contribution in [0.1, 0.15) is 22.3 Å². The number of rotatable bonds is 9. The molecule has 0 radical (unpaired) electrons. The molecule has 0 atom stereocenters. The first-order chi connectivity index (χ1) is 37.2. The molecule has 0 aliphatic rings. The van der Waals surface area contributed by atoms with E-state index in [1.54, 1.807) is 32.0 Å². The van der Waals surface area contributed by atoms with Gasteiger partial charge in [0.05, 0.1) is 50.6 Å². The molecule has 3 aromatic heterocycles. The highest BCUT2D eigenvalue weighted by Crippen LogP contribution is 2.44. The second kappa shape index (κ2) is 19.3. The van der Waals surface area contributed by atoms with Crippen LogP contribution in [0.4, 0.5) is 26.3 Å². The highest BCUT2D eigenvalue weighted by atomic mass is 19.4. The average molecular weight is 1020 g/mol. The maximum absolute atomic E-state index is 14.9. The van der Waals surface area contributed by atoms with Crippen molar-refractivity contribution in [3.05, 3.63) is 247 Å². The monoisotopic (exact) mass is 1020 g/mol. The van der Waals surface area contributed by atoms with Crippen LogP contribution in [0.15, 0.2) is 224 Å². The molecule has 5 nitrogen and oxygen atoms in total. The van der Waals surface area contributed by atoms with Crippen molar-refractivity contribution in [3.63, 3.8) is 0 Å². The summed E-state index contributed by atoms with van der Waals surface area (Å²) in [7, 11) is 0. The number of fused-ring (bicyclic) bond motifs is 3. The molecule has 12 aromatic rings. The van der Waals surface area contributed by atoms with Gasteiger partial charge < -0.3 is 4.57 Å². The number of halogens is 6. The van der Waals surface area contributed by atoms with Gasteiger partial charge in [-0.25, -0.2) is 19.9 Å². The largest absolute Gasteiger partial charge is 0.417 e. The van der Waals surface area contributed by atoms with Gasteiger partial charge in [-0.2, -0.15) is 26.3 Å². The van der Waals surface area contributed by atoms with Gasteiger partial charge in [-0.05, 0) is 102 Å². The van der Waals surface area contributed by atoms with Crippen LogP contribution in [0.25, 0.3) is 118 Å². The lowest BCUT2D eigenvalue weighted by molar-refractivity contribution is -0.138. The normalized spacial score (nSPS) is 11.9. The van der Waals surface area contributed by atoms with E-state index in [0.717, 1.165) is 51.2 Å². The molecule has 0 fully saturated rings. The van der Waals surface area contributed by atoms with E-state index in [2.05, 4.69) is 0 Å². The summed E-state index contributed by atoms with van der Waals surface area (Å²) in [6.45, 7) is 3.28. The van der Waals surface area contributed by atoms with E-state index in [4.69, 9.17) is 19.9 Å². The first kappa shape index (κ1) is 48.5. The van der Waals surface area contributed by atoms with Crippen molar-refractivity contribution in [2.75, 3.05) is 0 Å². The van der Waals surface area contributed by atoms with Crippen molar-refractivity contribution in [2.45, 2.75) is 26.2 Å². The van der Waals surface area contributed by atoms with E-state index in [0.29, 0.717) is 90.1 Å². The van der Waals surface area contributed by atoms with Crippen LogP contribution in [-0.4, -0.2) is 24.5 Å².